The quantitative estimate of drug-likeness (QED) is 0.805. The smallest absolute Gasteiger partial charge is 0.134 e. The second kappa shape index (κ2) is 4.04. The van der Waals surface area contributed by atoms with E-state index in [2.05, 4.69) is 0 Å². The monoisotopic (exact) mass is 205 g/mol. The largest absolute Gasteiger partial charge is 0.461 e. The van der Waals surface area contributed by atoms with Gasteiger partial charge in [0.25, 0.3) is 0 Å². The molecule has 80 valence electrons. The lowest BCUT2D eigenvalue weighted by atomic mass is 10.0. The molecule has 0 aliphatic carbocycles. The fraction of sp³-hybridized carbons (Fsp3) is 0.333. The van der Waals surface area contributed by atoms with Gasteiger partial charge in [0, 0.05) is 23.9 Å². The number of rotatable bonds is 3. The predicted octanol–water partition coefficient (Wildman–Crippen LogP) is 1.99. The first-order chi connectivity index (χ1) is 7.27. The number of benzene rings is 1. The number of fused-ring (bicyclic) bond motifs is 1. The Balaban J connectivity index is 2.66. The summed E-state index contributed by atoms with van der Waals surface area (Å²) in [5, 5.41) is 10.8. The lowest BCUT2D eigenvalue weighted by Gasteiger charge is -2.07. The van der Waals surface area contributed by atoms with Gasteiger partial charge in [0.1, 0.15) is 11.3 Å². The first kappa shape index (κ1) is 10.2. The van der Waals surface area contributed by atoms with Crippen molar-refractivity contribution in [1.29, 1.82) is 0 Å². The molecule has 0 amide bonds. The number of nitrogens with two attached hydrogens (primary N) is 1. The standard InChI is InChI=1S/C12H15NO2/c1-2-10-12(9(14)7-13)8-5-3-4-6-11(8)15-10/h3-6,9,14H,2,7,13H2,1H3/t9-/m1/s1. The van der Waals surface area contributed by atoms with Crippen LogP contribution in [-0.4, -0.2) is 11.7 Å². The fourth-order valence-corrected chi connectivity index (χ4v) is 1.86. The molecule has 2 rings (SSSR count). The zero-order valence-corrected chi connectivity index (χ0v) is 8.73. The van der Waals surface area contributed by atoms with Crippen LogP contribution in [0.4, 0.5) is 0 Å². The maximum atomic E-state index is 9.84. The minimum Gasteiger partial charge on any atom is -0.461 e. The van der Waals surface area contributed by atoms with Crippen LogP contribution in [0.2, 0.25) is 0 Å². The Morgan fingerprint density at radius 1 is 1.40 bits per heavy atom. The van der Waals surface area contributed by atoms with E-state index in [0.29, 0.717) is 0 Å². The van der Waals surface area contributed by atoms with Crippen molar-refractivity contribution in [2.24, 2.45) is 5.73 Å². The fourth-order valence-electron chi connectivity index (χ4n) is 1.86. The minimum absolute atomic E-state index is 0.219. The van der Waals surface area contributed by atoms with Crippen molar-refractivity contribution in [3.63, 3.8) is 0 Å². The van der Waals surface area contributed by atoms with Crippen molar-refractivity contribution in [2.45, 2.75) is 19.4 Å². The lowest BCUT2D eigenvalue weighted by Crippen LogP contribution is -2.12. The van der Waals surface area contributed by atoms with Crippen LogP contribution >= 0.6 is 0 Å². The first-order valence-electron chi connectivity index (χ1n) is 5.16. The van der Waals surface area contributed by atoms with E-state index < -0.39 is 6.10 Å². The van der Waals surface area contributed by atoms with Crippen molar-refractivity contribution >= 4 is 11.0 Å². The third-order valence-corrected chi connectivity index (χ3v) is 2.59. The summed E-state index contributed by atoms with van der Waals surface area (Å²) in [6.45, 7) is 2.22. The first-order valence-corrected chi connectivity index (χ1v) is 5.16. The summed E-state index contributed by atoms with van der Waals surface area (Å²) in [4.78, 5) is 0. The number of para-hydroxylation sites is 1. The number of furan rings is 1. The van der Waals surface area contributed by atoms with E-state index in [1.54, 1.807) is 0 Å². The van der Waals surface area contributed by atoms with E-state index >= 15 is 0 Å². The van der Waals surface area contributed by atoms with E-state index in [-0.39, 0.29) is 6.54 Å². The third kappa shape index (κ3) is 1.64. The van der Waals surface area contributed by atoms with Crippen molar-refractivity contribution in [1.82, 2.24) is 0 Å². The van der Waals surface area contributed by atoms with Crippen molar-refractivity contribution in [2.75, 3.05) is 6.54 Å². The molecule has 3 N–H and O–H groups in total. The molecule has 15 heavy (non-hydrogen) atoms. The van der Waals surface area contributed by atoms with E-state index in [9.17, 15) is 5.11 Å². The molecule has 1 aromatic carbocycles. The van der Waals surface area contributed by atoms with Gasteiger partial charge in [-0.15, -0.1) is 0 Å². The average Bonchev–Trinajstić information content (AvgIpc) is 2.66. The summed E-state index contributed by atoms with van der Waals surface area (Å²) in [6, 6.07) is 7.71. The minimum atomic E-state index is -0.636. The number of aliphatic hydroxyl groups excluding tert-OH is 1. The van der Waals surface area contributed by atoms with Crippen molar-refractivity contribution in [3.8, 4) is 0 Å². The van der Waals surface area contributed by atoms with Gasteiger partial charge in [-0.2, -0.15) is 0 Å². The Hall–Kier alpha value is -1.32. The molecule has 1 atom stereocenters. The van der Waals surface area contributed by atoms with Crippen LogP contribution in [0.15, 0.2) is 28.7 Å². The summed E-state index contributed by atoms with van der Waals surface area (Å²) >= 11 is 0. The van der Waals surface area contributed by atoms with Crippen LogP contribution in [0.1, 0.15) is 24.4 Å². The molecule has 0 spiro atoms. The van der Waals surface area contributed by atoms with Crippen LogP contribution in [0.5, 0.6) is 0 Å². The molecule has 1 aromatic heterocycles. The van der Waals surface area contributed by atoms with Gasteiger partial charge >= 0.3 is 0 Å². The summed E-state index contributed by atoms with van der Waals surface area (Å²) in [5.41, 5.74) is 7.15. The molecular formula is C12H15NO2. The highest BCUT2D eigenvalue weighted by atomic mass is 16.3. The Morgan fingerprint density at radius 3 is 2.80 bits per heavy atom. The Bertz CT molecular complexity index is 462. The average molecular weight is 205 g/mol. The molecule has 0 fully saturated rings. The van der Waals surface area contributed by atoms with Gasteiger partial charge in [0.05, 0.1) is 6.10 Å². The van der Waals surface area contributed by atoms with Crippen LogP contribution in [0, 0.1) is 0 Å². The summed E-state index contributed by atoms with van der Waals surface area (Å²) in [7, 11) is 0. The SMILES string of the molecule is CCc1oc2ccccc2c1[C@H](O)CN. The highest BCUT2D eigenvalue weighted by Crippen LogP contribution is 2.30. The highest BCUT2D eigenvalue weighted by Gasteiger charge is 2.18. The zero-order chi connectivity index (χ0) is 10.8. The number of hydrogen-bond donors (Lipinski definition) is 2. The summed E-state index contributed by atoms with van der Waals surface area (Å²) < 4.78 is 5.66. The van der Waals surface area contributed by atoms with E-state index in [1.165, 1.54) is 0 Å². The molecule has 0 aliphatic rings. The van der Waals surface area contributed by atoms with Crippen LogP contribution in [0.3, 0.4) is 0 Å². The maximum Gasteiger partial charge on any atom is 0.134 e. The van der Waals surface area contributed by atoms with Gasteiger partial charge in [-0.05, 0) is 6.07 Å². The molecule has 3 nitrogen and oxygen atoms in total. The topological polar surface area (TPSA) is 59.4 Å². The van der Waals surface area contributed by atoms with Gasteiger partial charge in [-0.25, -0.2) is 0 Å². The number of aliphatic hydroxyl groups is 1. The number of hydrogen-bond acceptors (Lipinski definition) is 3. The molecule has 3 heteroatoms. The Morgan fingerprint density at radius 2 is 2.13 bits per heavy atom. The van der Waals surface area contributed by atoms with Gasteiger partial charge < -0.3 is 15.3 Å². The second-order valence-corrected chi connectivity index (χ2v) is 3.54. The second-order valence-electron chi connectivity index (χ2n) is 3.54. The highest BCUT2D eigenvalue weighted by molar-refractivity contribution is 5.82. The molecule has 2 aromatic rings. The van der Waals surface area contributed by atoms with Gasteiger partial charge in [0.2, 0.25) is 0 Å². The molecule has 0 unspecified atom stereocenters. The number of aryl methyl sites for hydroxylation is 1. The lowest BCUT2D eigenvalue weighted by molar-refractivity contribution is 0.185. The maximum absolute atomic E-state index is 9.84. The summed E-state index contributed by atoms with van der Waals surface area (Å²) in [6.07, 6.45) is 0.129. The zero-order valence-electron chi connectivity index (χ0n) is 8.73. The molecule has 1 heterocycles. The van der Waals surface area contributed by atoms with E-state index in [1.807, 2.05) is 31.2 Å². The molecule has 0 bridgehead atoms. The van der Waals surface area contributed by atoms with Gasteiger partial charge in [0.15, 0.2) is 0 Å². The third-order valence-electron chi connectivity index (χ3n) is 2.59. The van der Waals surface area contributed by atoms with Crippen LogP contribution in [-0.2, 0) is 6.42 Å². The van der Waals surface area contributed by atoms with Crippen molar-refractivity contribution in [3.05, 3.63) is 35.6 Å². The summed E-state index contributed by atoms with van der Waals surface area (Å²) in [5.74, 6) is 0.828. The van der Waals surface area contributed by atoms with Gasteiger partial charge in [-0.1, -0.05) is 25.1 Å². The van der Waals surface area contributed by atoms with Crippen molar-refractivity contribution < 1.29 is 9.52 Å². The Kier molecular flexibility index (Phi) is 2.75. The molecular weight excluding hydrogens is 190 g/mol. The molecule has 0 radical (unpaired) electrons. The molecule has 0 saturated heterocycles. The molecule has 0 saturated carbocycles. The van der Waals surface area contributed by atoms with E-state index in [0.717, 1.165) is 28.7 Å². The molecule has 0 aliphatic heterocycles. The van der Waals surface area contributed by atoms with Gasteiger partial charge in [-0.3, -0.25) is 0 Å². The van der Waals surface area contributed by atoms with Crippen LogP contribution < -0.4 is 5.73 Å². The predicted molar refractivity (Wildman–Crippen MR) is 59.6 cm³/mol. The normalized spacial score (nSPS) is 13.3. The van der Waals surface area contributed by atoms with E-state index in [4.69, 9.17) is 10.2 Å². The van der Waals surface area contributed by atoms with Crippen LogP contribution in [0.25, 0.3) is 11.0 Å². The Labute approximate surface area is 88.5 Å².